The Balaban J connectivity index is 1.64. The normalized spacial score (nSPS) is 29.6. The third-order valence-corrected chi connectivity index (χ3v) is 4.15. The molecule has 0 aromatic rings. The van der Waals surface area contributed by atoms with Crippen molar-refractivity contribution in [3.05, 3.63) is 11.6 Å². The van der Waals surface area contributed by atoms with Gasteiger partial charge < -0.3 is 15.2 Å². The molecule has 2 heterocycles. The van der Waals surface area contributed by atoms with Gasteiger partial charge in [-0.15, -0.1) is 0 Å². The van der Waals surface area contributed by atoms with E-state index in [0.29, 0.717) is 25.8 Å². The molecule has 0 aliphatic carbocycles. The maximum atomic E-state index is 10.2. The number of piperidine rings is 1. The maximum Gasteiger partial charge on any atom is 0.102 e. The van der Waals surface area contributed by atoms with Gasteiger partial charge in [0.05, 0.1) is 6.61 Å². The first kappa shape index (κ1) is 15.0. The fourth-order valence-electron chi connectivity index (χ4n) is 2.70. The Morgan fingerprint density at radius 1 is 1.42 bits per heavy atom. The predicted molar refractivity (Wildman–Crippen MR) is 77.3 cm³/mol. The zero-order chi connectivity index (χ0) is 13.7. The van der Waals surface area contributed by atoms with Crippen molar-refractivity contribution in [1.29, 1.82) is 0 Å². The molecule has 2 aliphatic heterocycles. The van der Waals surface area contributed by atoms with Gasteiger partial charge in [-0.1, -0.05) is 11.6 Å². The van der Waals surface area contributed by atoms with Crippen molar-refractivity contribution in [2.75, 3.05) is 39.4 Å². The van der Waals surface area contributed by atoms with E-state index in [4.69, 9.17) is 4.74 Å². The SMILES string of the molecule is CC(C)=CCN1CCC(NCC2(O)CCOC2)CC1. The van der Waals surface area contributed by atoms with Gasteiger partial charge in [0.25, 0.3) is 0 Å². The fourth-order valence-corrected chi connectivity index (χ4v) is 2.70. The first-order valence-electron chi connectivity index (χ1n) is 7.47. The topological polar surface area (TPSA) is 44.7 Å². The molecular weight excluding hydrogens is 240 g/mol. The first-order valence-corrected chi connectivity index (χ1v) is 7.47. The fraction of sp³-hybridized carbons (Fsp3) is 0.867. The minimum atomic E-state index is -0.626. The van der Waals surface area contributed by atoms with Crippen LogP contribution in [0.4, 0.5) is 0 Å². The molecule has 2 rings (SSSR count). The van der Waals surface area contributed by atoms with E-state index in [0.717, 1.165) is 26.1 Å². The van der Waals surface area contributed by atoms with Crippen molar-refractivity contribution in [3.63, 3.8) is 0 Å². The second-order valence-corrected chi connectivity index (χ2v) is 6.26. The van der Waals surface area contributed by atoms with Gasteiger partial charge in [0, 0.05) is 32.2 Å². The molecule has 110 valence electrons. The van der Waals surface area contributed by atoms with Crippen LogP contribution in [0, 0.1) is 0 Å². The van der Waals surface area contributed by atoms with E-state index in [2.05, 4.69) is 30.1 Å². The second-order valence-electron chi connectivity index (χ2n) is 6.26. The first-order chi connectivity index (χ1) is 9.07. The van der Waals surface area contributed by atoms with Gasteiger partial charge in [0.1, 0.15) is 5.60 Å². The summed E-state index contributed by atoms with van der Waals surface area (Å²) in [6.45, 7) is 9.53. The molecule has 0 aromatic carbocycles. The molecule has 2 aliphatic rings. The molecule has 2 N–H and O–H groups in total. The highest BCUT2D eigenvalue weighted by Gasteiger charge is 2.32. The maximum absolute atomic E-state index is 10.2. The van der Waals surface area contributed by atoms with Crippen LogP contribution in [0.2, 0.25) is 0 Å². The number of ether oxygens (including phenoxy) is 1. The summed E-state index contributed by atoms with van der Waals surface area (Å²) in [7, 11) is 0. The van der Waals surface area contributed by atoms with Crippen LogP contribution in [0.25, 0.3) is 0 Å². The quantitative estimate of drug-likeness (QED) is 0.735. The summed E-state index contributed by atoms with van der Waals surface area (Å²) in [4.78, 5) is 2.50. The average molecular weight is 268 g/mol. The van der Waals surface area contributed by atoms with Crippen LogP contribution in [-0.4, -0.2) is 61.0 Å². The van der Waals surface area contributed by atoms with Crippen LogP contribution in [-0.2, 0) is 4.74 Å². The number of aliphatic hydroxyl groups is 1. The number of hydrogen-bond acceptors (Lipinski definition) is 4. The Morgan fingerprint density at radius 3 is 2.74 bits per heavy atom. The minimum absolute atomic E-state index is 0.486. The van der Waals surface area contributed by atoms with Crippen molar-refractivity contribution >= 4 is 0 Å². The van der Waals surface area contributed by atoms with E-state index in [1.54, 1.807) is 0 Å². The number of rotatable bonds is 5. The number of nitrogens with zero attached hydrogens (tertiary/aromatic N) is 1. The number of nitrogens with one attached hydrogen (secondary N) is 1. The lowest BCUT2D eigenvalue weighted by molar-refractivity contribution is 0.0228. The number of hydrogen-bond donors (Lipinski definition) is 2. The molecule has 1 atom stereocenters. The molecule has 2 saturated heterocycles. The molecule has 0 aromatic heterocycles. The Bertz CT molecular complexity index is 299. The van der Waals surface area contributed by atoms with Gasteiger partial charge >= 0.3 is 0 Å². The van der Waals surface area contributed by atoms with E-state index in [-0.39, 0.29) is 0 Å². The lowest BCUT2D eigenvalue weighted by Gasteiger charge is -2.33. The van der Waals surface area contributed by atoms with Gasteiger partial charge in [-0.3, -0.25) is 4.90 Å². The molecule has 0 amide bonds. The highest BCUT2D eigenvalue weighted by atomic mass is 16.5. The number of likely N-dealkylation sites (tertiary alicyclic amines) is 1. The van der Waals surface area contributed by atoms with Crippen LogP contribution < -0.4 is 5.32 Å². The van der Waals surface area contributed by atoms with Crippen LogP contribution in [0.5, 0.6) is 0 Å². The summed E-state index contributed by atoms with van der Waals surface area (Å²) < 4.78 is 5.27. The molecule has 19 heavy (non-hydrogen) atoms. The molecule has 2 fully saturated rings. The van der Waals surface area contributed by atoms with E-state index in [1.807, 2.05) is 0 Å². The molecule has 0 spiro atoms. The van der Waals surface area contributed by atoms with E-state index in [9.17, 15) is 5.11 Å². The summed E-state index contributed by atoms with van der Waals surface area (Å²) in [5.41, 5.74) is 0.767. The van der Waals surface area contributed by atoms with Crippen molar-refractivity contribution in [2.24, 2.45) is 0 Å². The molecular formula is C15H28N2O2. The van der Waals surface area contributed by atoms with Gasteiger partial charge in [0.15, 0.2) is 0 Å². The van der Waals surface area contributed by atoms with Crippen molar-refractivity contribution in [2.45, 2.75) is 44.8 Å². The standard InChI is InChI=1S/C15H28N2O2/c1-13(2)3-7-17-8-4-14(5-9-17)16-11-15(18)6-10-19-12-15/h3,14,16,18H,4-12H2,1-2H3. The molecule has 0 bridgehead atoms. The Kier molecular flexibility index (Phi) is 5.39. The van der Waals surface area contributed by atoms with Crippen LogP contribution >= 0.6 is 0 Å². The summed E-state index contributed by atoms with van der Waals surface area (Å²) in [5, 5.41) is 13.7. The van der Waals surface area contributed by atoms with Crippen molar-refractivity contribution in [3.8, 4) is 0 Å². The highest BCUT2D eigenvalue weighted by Crippen LogP contribution is 2.18. The van der Waals surface area contributed by atoms with Crippen LogP contribution in [0.15, 0.2) is 11.6 Å². The summed E-state index contributed by atoms with van der Waals surface area (Å²) in [5.74, 6) is 0. The van der Waals surface area contributed by atoms with E-state index >= 15 is 0 Å². The zero-order valence-electron chi connectivity index (χ0n) is 12.3. The molecule has 0 saturated carbocycles. The smallest absolute Gasteiger partial charge is 0.102 e. The summed E-state index contributed by atoms with van der Waals surface area (Å²) in [6.07, 6.45) is 5.41. The monoisotopic (exact) mass is 268 g/mol. The Morgan fingerprint density at radius 2 is 2.16 bits per heavy atom. The molecule has 4 nitrogen and oxygen atoms in total. The summed E-state index contributed by atoms with van der Waals surface area (Å²) >= 11 is 0. The summed E-state index contributed by atoms with van der Waals surface area (Å²) in [6, 6.07) is 0.549. The van der Waals surface area contributed by atoms with Crippen LogP contribution in [0.1, 0.15) is 33.1 Å². The molecule has 0 radical (unpaired) electrons. The van der Waals surface area contributed by atoms with E-state index < -0.39 is 5.60 Å². The van der Waals surface area contributed by atoms with Crippen molar-refractivity contribution in [1.82, 2.24) is 10.2 Å². The highest BCUT2D eigenvalue weighted by molar-refractivity contribution is 4.96. The van der Waals surface area contributed by atoms with Gasteiger partial charge in [0.2, 0.25) is 0 Å². The molecule has 1 unspecified atom stereocenters. The lowest BCUT2D eigenvalue weighted by Crippen LogP contribution is -2.48. The van der Waals surface area contributed by atoms with Crippen molar-refractivity contribution < 1.29 is 9.84 Å². The second kappa shape index (κ2) is 6.84. The third kappa shape index (κ3) is 4.88. The zero-order valence-corrected chi connectivity index (χ0v) is 12.3. The Labute approximate surface area is 116 Å². The van der Waals surface area contributed by atoms with Gasteiger partial charge in [-0.2, -0.15) is 0 Å². The van der Waals surface area contributed by atoms with Gasteiger partial charge in [-0.05, 0) is 39.8 Å². The van der Waals surface area contributed by atoms with Crippen LogP contribution in [0.3, 0.4) is 0 Å². The van der Waals surface area contributed by atoms with Gasteiger partial charge in [-0.25, -0.2) is 0 Å². The lowest BCUT2D eigenvalue weighted by atomic mass is 10.0. The average Bonchev–Trinajstić information content (AvgIpc) is 2.83. The third-order valence-electron chi connectivity index (χ3n) is 4.15. The molecule has 4 heteroatoms. The Hall–Kier alpha value is -0.420. The van der Waals surface area contributed by atoms with E-state index in [1.165, 1.54) is 18.4 Å². The largest absolute Gasteiger partial charge is 0.386 e. The number of allylic oxidation sites excluding steroid dienone is 1. The minimum Gasteiger partial charge on any atom is -0.386 e. The predicted octanol–water partition coefficient (Wildman–Crippen LogP) is 1.16.